The number of nitrogens with zero attached hydrogens (tertiary/aromatic N) is 1. The summed E-state index contributed by atoms with van der Waals surface area (Å²) in [7, 11) is -2.91. The van der Waals surface area contributed by atoms with Crippen molar-refractivity contribution in [3.05, 3.63) is 80.2 Å². The van der Waals surface area contributed by atoms with Crippen LogP contribution in [0.4, 0.5) is 25.8 Å². The minimum Gasteiger partial charge on any atom is -0.358 e. The predicted octanol–water partition coefficient (Wildman–Crippen LogP) is 9.23. The van der Waals surface area contributed by atoms with Crippen LogP contribution in [-0.4, -0.2) is 98.5 Å². The van der Waals surface area contributed by atoms with E-state index >= 15 is 0 Å². The van der Waals surface area contributed by atoms with Gasteiger partial charge in [0, 0.05) is 13.7 Å². The second kappa shape index (κ2) is 27.5. The van der Waals surface area contributed by atoms with Crippen molar-refractivity contribution in [3.8, 4) is 11.5 Å². The average molecular weight is 986 g/mol. The van der Waals surface area contributed by atoms with Crippen molar-refractivity contribution in [2.24, 2.45) is 5.41 Å². The Bertz CT molecular complexity index is 1660. The summed E-state index contributed by atoms with van der Waals surface area (Å²) in [5.74, 6) is 0.478. The topological polar surface area (TPSA) is 112 Å². The number of hydrogen-bond acceptors (Lipinski definition) is 8. The largest absolute Gasteiger partial charge is 2.00 e. The van der Waals surface area contributed by atoms with Crippen LogP contribution in [0.25, 0.3) is 0 Å². The number of carbonyl (C=O) groups is 1. The molecule has 0 saturated heterocycles. The Morgan fingerprint density at radius 1 is 0.810 bits per heavy atom. The van der Waals surface area contributed by atoms with Gasteiger partial charge in [0.2, 0.25) is 0 Å². The van der Waals surface area contributed by atoms with Crippen LogP contribution in [-0.2, 0) is 44.8 Å². The summed E-state index contributed by atoms with van der Waals surface area (Å²) >= 11 is 0. The molecular formula is C39H61F6NO8P2PdS+2. The number of para-hydroxylation sites is 2. The number of benzene rings is 3. The van der Waals surface area contributed by atoms with Crippen LogP contribution in [0.1, 0.15) is 46.5 Å². The molecule has 58 heavy (non-hydrogen) atoms. The molecule has 0 amide bonds. The van der Waals surface area contributed by atoms with Gasteiger partial charge in [-0.05, 0) is 90.1 Å². The molecule has 19 heteroatoms. The van der Waals surface area contributed by atoms with Crippen molar-refractivity contribution in [1.82, 2.24) is 4.90 Å². The van der Waals surface area contributed by atoms with Crippen LogP contribution in [0.15, 0.2) is 77.7 Å². The van der Waals surface area contributed by atoms with E-state index in [1.807, 2.05) is 48.5 Å². The molecule has 0 bridgehead atoms. The number of hydrogen-bond donors (Lipinski definition) is 1. The first kappa shape index (κ1) is 60.0. The molecule has 0 unspecified atom stereocenters. The molecule has 0 spiro atoms. The number of esters is 1. The van der Waals surface area contributed by atoms with Crippen LogP contribution >= 0.6 is 15.5 Å². The monoisotopic (exact) mass is 985 g/mol. The Kier molecular flexibility index (Phi) is 28.4. The van der Waals surface area contributed by atoms with Crippen LogP contribution in [0.5, 0.6) is 11.5 Å². The van der Waals surface area contributed by atoms with E-state index in [2.05, 4.69) is 30.7 Å². The molecule has 0 aromatic heterocycles. The predicted molar refractivity (Wildman–Crippen MR) is 223 cm³/mol. The van der Waals surface area contributed by atoms with E-state index in [0.29, 0.717) is 49.6 Å². The average Bonchev–Trinajstić information content (AvgIpc) is 3.09. The first-order chi connectivity index (χ1) is 25.7. The fraction of sp³-hybridized carbons (Fsp3) is 0.487. The van der Waals surface area contributed by atoms with Crippen molar-refractivity contribution in [2.45, 2.75) is 57.5 Å². The molecule has 1 N–H and O–H groups in total. The van der Waals surface area contributed by atoms with E-state index in [4.69, 9.17) is 14.2 Å². The molecule has 0 heterocycles. The zero-order valence-corrected chi connectivity index (χ0v) is 39.3. The summed E-state index contributed by atoms with van der Waals surface area (Å²) in [6.07, 6.45) is -0.814. The molecule has 0 saturated carbocycles. The molecule has 3 aromatic carbocycles. The van der Waals surface area contributed by atoms with E-state index in [1.54, 1.807) is 46.3 Å². The van der Waals surface area contributed by atoms with Gasteiger partial charge < -0.3 is 31.3 Å². The quantitative estimate of drug-likeness (QED) is 0.0303. The molecule has 0 aliphatic heterocycles. The number of ether oxygens (including phenoxy) is 4. The van der Waals surface area contributed by atoms with Gasteiger partial charge in [-0.1, -0.05) is 49.7 Å². The maximum Gasteiger partial charge on any atom is 2.00 e. The molecule has 9 nitrogen and oxygen atoms in total. The number of rotatable bonds is 15. The van der Waals surface area contributed by atoms with Gasteiger partial charge in [-0.3, -0.25) is 9.35 Å². The maximum absolute atomic E-state index is 12.0. The van der Waals surface area contributed by atoms with Gasteiger partial charge in [-0.25, -0.2) is 0 Å². The summed E-state index contributed by atoms with van der Waals surface area (Å²) in [5, 5.41) is 2.27. The molecule has 0 aliphatic carbocycles. The fourth-order valence-electron chi connectivity index (χ4n) is 4.61. The van der Waals surface area contributed by atoms with Crippen molar-refractivity contribution in [2.75, 3.05) is 68.5 Å². The second-order valence-electron chi connectivity index (χ2n) is 13.7. The van der Waals surface area contributed by atoms with Gasteiger partial charge in [0.05, 0.1) is 19.6 Å². The first-order valence-corrected chi connectivity index (χ1v) is 23.2. The zero-order valence-electron chi connectivity index (χ0n) is 35.1. The summed E-state index contributed by atoms with van der Waals surface area (Å²) in [5.41, 5.74) is -0.913. The summed E-state index contributed by atoms with van der Waals surface area (Å²) in [6, 6.07) is 21.5. The Balaban J connectivity index is -0.000000829. The normalized spacial score (nSPS) is 12.0. The molecule has 0 atom stereocenters. The molecule has 3 rings (SSSR count). The third kappa shape index (κ3) is 26.7. The Morgan fingerprint density at radius 2 is 1.22 bits per heavy atom. The SMILES string of the molecule is CCCCN(C)C.COCCCC(C)(C)C(=O)OCC(F)(F)F.COc1ccccc1[PH+](c1ccccc1OC)c1ccccc1S(=O)(=O)O.CP(C)(F)(F)F.[CH3-].[Pd+2]. The van der Waals surface area contributed by atoms with E-state index in [9.17, 15) is 43.5 Å². The van der Waals surface area contributed by atoms with Gasteiger partial charge in [0.25, 0.3) is 10.1 Å². The number of unbranched alkanes of at least 4 members (excludes halogenated alkanes) is 1. The van der Waals surface area contributed by atoms with Crippen LogP contribution in [0.2, 0.25) is 0 Å². The van der Waals surface area contributed by atoms with Crippen molar-refractivity contribution in [1.29, 1.82) is 0 Å². The number of alkyl halides is 3. The van der Waals surface area contributed by atoms with Crippen molar-refractivity contribution < 1.29 is 82.9 Å². The van der Waals surface area contributed by atoms with Gasteiger partial charge in [-0.15, -0.1) is 0 Å². The summed E-state index contributed by atoms with van der Waals surface area (Å²) in [6.45, 7) is 6.18. The third-order valence-electron chi connectivity index (χ3n) is 7.22. The molecule has 0 radical (unpaired) electrons. The number of halogens is 6. The number of methoxy groups -OCH3 is 3. The van der Waals surface area contributed by atoms with Gasteiger partial charge in [0.1, 0.15) is 28.7 Å². The smallest absolute Gasteiger partial charge is 0.358 e. The molecule has 0 aliphatic rings. The Labute approximate surface area is 357 Å². The zero-order chi connectivity index (χ0) is 43.4. The summed E-state index contributed by atoms with van der Waals surface area (Å²) in [4.78, 5) is 13.5. The van der Waals surface area contributed by atoms with Gasteiger partial charge in [-0.2, -0.15) is 21.6 Å². The van der Waals surface area contributed by atoms with Crippen LogP contribution in [0, 0.1) is 12.8 Å². The van der Waals surface area contributed by atoms with Crippen molar-refractivity contribution >= 4 is 47.5 Å². The van der Waals surface area contributed by atoms with Crippen molar-refractivity contribution in [3.63, 3.8) is 0 Å². The third-order valence-corrected chi connectivity index (χ3v) is 11.2. The molecule has 3 aromatic rings. The van der Waals surface area contributed by atoms with E-state index in [0.717, 1.165) is 10.6 Å². The van der Waals surface area contributed by atoms with E-state index < -0.39 is 49.7 Å². The minimum atomic E-state index is -5.55. The van der Waals surface area contributed by atoms with Crippen LogP contribution < -0.4 is 25.4 Å². The molecular weight excluding hydrogens is 925 g/mol. The minimum absolute atomic E-state index is 0. The molecule has 0 fully saturated rings. The molecule has 336 valence electrons. The summed E-state index contributed by atoms with van der Waals surface area (Å²) < 4.78 is 123. The maximum atomic E-state index is 12.0. The standard InChI is InChI=1S/C20H19O5PS.C10H17F3O3.C6H15N.C2H6F3P.CH3.Pd/c1-24-15-9-3-5-11-17(15)26(18-12-6-4-10-16(18)25-2)19-13-7-8-14-20(19)27(21,22)23;1-9(2,5-4-6-15-3)8(14)16-7-10(11,12)13;1-4-5-6-7(2)3;1-6(2,3,4)5;;/h3-14H,1-2H3,(H,21,22,23);4-7H2,1-3H3;4-6H2,1-3H3;1-2H3;1H3;/q;;;;-1;+2/p+1. The Hall–Kier alpha value is -2.34. The van der Waals surface area contributed by atoms with Gasteiger partial charge >= 0.3 is 66.0 Å². The first-order valence-electron chi connectivity index (χ1n) is 17.4. The Morgan fingerprint density at radius 3 is 1.57 bits per heavy atom. The van der Waals surface area contributed by atoms with Crippen LogP contribution in [0.3, 0.4) is 0 Å². The number of carbonyl (C=O) groups excluding carboxylic acids is 1. The fourth-order valence-corrected chi connectivity index (χ4v) is 8.76. The van der Waals surface area contributed by atoms with E-state index in [1.165, 1.54) is 32.6 Å². The second-order valence-corrected chi connectivity index (χ2v) is 20.8. The van der Waals surface area contributed by atoms with Gasteiger partial charge in [0.15, 0.2) is 18.1 Å². The van der Waals surface area contributed by atoms with E-state index in [-0.39, 0.29) is 32.7 Å².